The van der Waals surface area contributed by atoms with E-state index in [-0.39, 0.29) is 5.56 Å². The minimum absolute atomic E-state index is 0.168. The van der Waals surface area contributed by atoms with Gasteiger partial charge in [0.15, 0.2) is 11.5 Å². The third-order valence-electron chi connectivity index (χ3n) is 7.75. The number of carbonyl (C=O) groups is 3. The topological polar surface area (TPSA) is 104 Å². The van der Waals surface area contributed by atoms with Gasteiger partial charge in [0.05, 0.1) is 17.5 Å². The molecule has 39 heavy (non-hydrogen) atoms. The van der Waals surface area contributed by atoms with Crippen LogP contribution in [-0.4, -0.2) is 65.6 Å². The molecule has 0 N–H and O–H groups in total. The Morgan fingerprint density at radius 3 is 2.46 bits per heavy atom. The Hall–Kier alpha value is -3.76. The number of carbonyl (C=O) groups excluding carboxylic acids is 3. The van der Waals surface area contributed by atoms with Crippen molar-refractivity contribution >= 4 is 39.3 Å². The summed E-state index contributed by atoms with van der Waals surface area (Å²) < 4.78 is 27.4. The van der Waals surface area contributed by atoms with Gasteiger partial charge >= 0.3 is 18.2 Å². The van der Waals surface area contributed by atoms with Crippen LogP contribution < -0.4 is 9.47 Å². The normalized spacial score (nSPS) is 23.4. The molecule has 0 saturated carbocycles. The molecule has 3 aliphatic heterocycles. The fourth-order valence-corrected chi connectivity index (χ4v) is 6.81. The Labute approximate surface area is 229 Å². The Morgan fingerprint density at radius 1 is 1.03 bits per heavy atom. The van der Waals surface area contributed by atoms with Gasteiger partial charge in [-0.25, -0.2) is 9.59 Å². The Morgan fingerprint density at radius 2 is 1.74 bits per heavy atom. The van der Waals surface area contributed by atoms with Gasteiger partial charge in [0.2, 0.25) is 5.78 Å². The smallest absolute Gasteiger partial charge is 0.334 e. The van der Waals surface area contributed by atoms with Crippen molar-refractivity contribution in [3.05, 3.63) is 65.9 Å². The Kier molecular flexibility index (Phi) is 7.05. The van der Waals surface area contributed by atoms with E-state index in [1.807, 2.05) is 0 Å². The Balaban J connectivity index is 1.07. The number of ether oxygens (including phenoxy) is 4. The van der Waals surface area contributed by atoms with Gasteiger partial charge in [-0.15, -0.1) is 0 Å². The van der Waals surface area contributed by atoms with Gasteiger partial charge < -0.3 is 18.9 Å². The molecule has 6 rings (SSSR count). The van der Waals surface area contributed by atoms with Crippen LogP contribution in [0.2, 0.25) is 0 Å². The molecule has 9 nitrogen and oxygen atoms in total. The SMILES string of the molecule is COc1cc(C(=O)C2OC(=O)C=CC(=O)O2)ccc1OCCN1C2CCC1CC(c1nsc3ccccc13)C2. The van der Waals surface area contributed by atoms with E-state index < -0.39 is 24.0 Å². The maximum atomic E-state index is 12.8. The van der Waals surface area contributed by atoms with Crippen molar-refractivity contribution < 1.29 is 33.3 Å². The first-order valence-corrected chi connectivity index (χ1v) is 13.8. The third-order valence-corrected chi connectivity index (χ3v) is 8.59. The number of Topliss-reactive ketones (excluding diaryl/α,β-unsaturated/α-hetero) is 1. The highest BCUT2D eigenvalue weighted by molar-refractivity contribution is 7.13. The number of rotatable bonds is 8. The molecular weight excluding hydrogens is 520 g/mol. The summed E-state index contributed by atoms with van der Waals surface area (Å²) in [7, 11) is 1.49. The van der Waals surface area contributed by atoms with Crippen LogP contribution in [0, 0.1) is 0 Å². The highest BCUT2D eigenvalue weighted by Gasteiger charge is 2.42. The zero-order chi connectivity index (χ0) is 26.9. The van der Waals surface area contributed by atoms with Crippen molar-refractivity contribution in [1.29, 1.82) is 0 Å². The van der Waals surface area contributed by atoms with Crippen molar-refractivity contribution in [3.8, 4) is 11.5 Å². The van der Waals surface area contributed by atoms with Crippen molar-refractivity contribution in [2.45, 2.75) is 50.0 Å². The number of aromatic nitrogens is 1. The molecule has 3 aliphatic rings. The molecule has 2 unspecified atom stereocenters. The summed E-state index contributed by atoms with van der Waals surface area (Å²) in [4.78, 5) is 38.7. The number of methoxy groups -OCH3 is 1. The van der Waals surface area contributed by atoms with Crippen LogP contribution in [0.5, 0.6) is 11.5 Å². The molecular formula is C29H28N2O7S. The third kappa shape index (κ3) is 5.14. The number of hydrogen-bond donors (Lipinski definition) is 0. The number of esters is 2. The first kappa shape index (κ1) is 25.5. The van der Waals surface area contributed by atoms with Gasteiger partial charge in [-0.2, -0.15) is 4.37 Å². The molecule has 2 saturated heterocycles. The molecule has 2 aromatic carbocycles. The average Bonchev–Trinajstić information content (AvgIpc) is 3.41. The lowest BCUT2D eigenvalue weighted by Crippen LogP contribution is -2.44. The maximum absolute atomic E-state index is 12.8. The molecule has 0 aliphatic carbocycles. The molecule has 0 radical (unpaired) electrons. The first-order chi connectivity index (χ1) is 19.0. The highest BCUT2D eigenvalue weighted by atomic mass is 32.1. The predicted octanol–water partition coefficient (Wildman–Crippen LogP) is 4.26. The van der Waals surface area contributed by atoms with Crippen LogP contribution in [-0.2, 0) is 19.1 Å². The van der Waals surface area contributed by atoms with E-state index >= 15 is 0 Å². The summed E-state index contributed by atoms with van der Waals surface area (Å²) in [6.07, 6.45) is 4.78. The summed E-state index contributed by atoms with van der Waals surface area (Å²) in [6.45, 7) is 1.27. The zero-order valence-corrected chi connectivity index (χ0v) is 22.2. The van der Waals surface area contributed by atoms with Gasteiger partial charge in [-0.3, -0.25) is 9.69 Å². The van der Waals surface area contributed by atoms with Crippen LogP contribution in [0.4, 0.5) is 0 Å². The lowest BCUT2D eigenvalue weighted by atomic mass is 9.87. The van der Waals surface area contributed by atoms with Gasteiger partial charge in [-0.1, -0.05) is 18.2 Å². The number of nitrogens with zero attached hydrogens (tertiary/aromatic N) is 2. The summed E-state index contributed by atoms with van der Waals surface area (Å²) in [5.74, 6) is -0.974. The van der Waals surface area contributed by atoms with Crippen molar-refractivity contribution in [2.75, 3.05) is 20.3 Å². The largest absolute Gasteiger partial charge is 0.493 e. The van der Waals surface area contributed by atoms with Gasteiger partial charge in [0, 0.05) is 47.6 Å². The van der Waals surface area contributed by atoms with Crippen LogP contribution >= 0.6 is 11.5 Å². The molecule has 0 amide bonds. The standard InChI is InChI=1S/C29H28N2O7S/c1-35-23-16-17(28(34)29-37-25(32)10-11-26(33)38-29)6-9-22(23)36-13-12-31-19-7-8-20(31)15-18(14-19)27-21-4-2-3-5-24(21)39-30-27/h2-6,9-11,16,18-20,29H,7-8,12-15H2,1H3. The van der Waals surface area contributed by atoms with E-state index in [0.29, 0.717) is 36.1 Å². The van der Waals surface area contributed by atoms with E-state index in [4.69, 9.17) is 23.3 Å². The lowest BCUT2D eigenvalue weighted by molar-refractivity contribution is -0.169. The molecule has 1 aromatic heterocycles. The molecule has 2 atom stereocenters. The number of hydrogen-bond acceptors (Lipinski definition) is 10. The van der Waals surface area contributed by atoms with Gasteiger partial charge in [-0.05, 0) is 61.5 Å². The quantitative estimate of drug-likeness (QED) is 0.302. The fourth-order valence-electron chi connectivity index (χ4n) is 5.96. The van der Waals surface area contributed by atoms with Crippen LogP contribution in [0.15, 0.2) is 54.6 Å². The second-order valence-corrected chi connectivity index (χ2v) is 10.8. The van der Waals surface area contributed by atoms with E-state index in [1.165, 1.54) is 47.9 Å². The second kappa shape index (κ2) is 10.8. The van der Waals surface area contributed by atoms with Crippen LogP contribution in [0.1, 0.15) is 47.7 Å². The van der Waals surface area contributed by atoms with Crippen molar-refractivity contribution in [2.24, 2.45) is 0 Å². The number of piperidine rings is 1. The second-order valence-electron chi connectivity index (χ2n) is 9.97. The molecule has 2 bridgehead atoms. The van der Waals surface area contributed by atoms with E-state index in [1.54, 1.807) is 17.6 Å². The minimum Gasteiger partial charge on any atom is -0.493 e. The van der Waals surface area contributed by atoms with Gasteiger partial charge in [0.25, 0.3) is 0 Å². The molecule has 3 aromatic rings. The number of fused-ring (bicyclic) bond motifs is 3. The number of benzene rings is 2. The van der Waals surface area contributed by atoms with Gasteiger partial charge in [0.1, 0.15) is 6.61 Å². The molecule has 0 spiro atoms. The monoisotopic (exact) mass is 548 g/mol. The van der Waals surface area contributed by atoms with Crippen LogP contribution in [0.25, 0.3) is 10.1 Å². The summed E-state index contributed by atoms with van der Waals surface area (Å²) >= 11 is 1.59. The average molecular weight is 549 g/mol. The predicted molar refractivity (Wildman–Crippen MR) is 143 cm³/mol. The first-order valence-electron chi connectivity index (χ1n) is 13.0. The van der Waals surface area contributed by atoms with E-state index in [2.05, 4.69) is 29.2 Å². The minimum atomic E-state index is -1.66. The molecule has 202 valence electrons. The maximum Gasteiger partial charge on any atom is 0.334 e. The van der Waals surface area contributed by atoms with Crippen molar-refractivity contribution in [1.82, 2.24) is 9.27 Å². The summed E-state index contributed by atoms with van der Waals surface area (Å²) in [5.41, 5.74) is 1.42. The van der Waals surface area contributed by atoms with Crippen LogP contribution in [0.3, 0.4) is 0 Å². The number of cyclic esters (lactones) is 2. The zero-order valence-electron chi connectivity index (χ0n) is 21.4. The molecule has 10 heteroatoms. The van der Waals surface area contributed by atoms with E-state index in [0.717, 1.165) is 31.5 Å². The van der Waals surface area contributed by atoms with Crippen molar-refractivity contribution in [3.63, 3.8) is 0 Å². The summed E-state index contributed by atoms with van der Waals surface area (Å²) in [6, 6.07) is 14.2. The highest BCUT2D eigenvalue weighted by Crippen LogP contribution is 2.44. The fraction of sp³-hybridized carbons (Fsp3) is 0.379. The molecule has 4 heterocycles. The molecule has 2 fully saturated rings. The number of ketones is 1. The van der Waals surface area contributed by atoms with E-state index in [9.17, 15) is 14.4 Å². The lowest BCUT2D eigenvalue weighted by Gasteiger charge is -2.38. The summed E-state index contributed by atoms with van der Waals surface area (Å²) in [5, 5.41) is 1.30. The Bertz CT molecular complexity index is 1420.